The number of hydrogen-bond donors (Lipinski definition) is 1. The number of fused-ring (bicyclic) bond motifs is 1. The standard InChI is InChI=1S/C14H11ClN2O5S2/c1-22-14(19)13-11(4-5-23-13)24(20,21)17-7-12(18)16-9-3-2-8(15)6-10(9)17/h2-6H,7H2,1H3,(H,16,18). The van der Waals surface area contributed by atoms with Crippen LogP contribution in [0.2, 0.25) is 5.02 Å². The number of benzene rings is 1. The second-order valence-electron chi connectivity index (χ2n) is 4.83. The van der Waals surface area contributed by atoms with Gasteiger partial charge in [0.2, 0.25) is 5.91 Å². The number of thiophene rings is 1. The third kappa shape index (κ3) is 2.74. The Kier molecular flexibility index (Phi) is 4.24. The minimum atomic E-state index is -4.14. The fraction of sp³-hybridized carbons (Fsp3) is 0.143. The zero-order valence-corrected chi connectivity index (χ0v) is 14.7. The van der Waals surface area contributed by atoms with Crippen LogP contribution in [0.25, 0.3) is 0 Å². The van der Waals surface area contributed by atoms with Gasteiger partial charge in [-0.05, 0) is 29.6 Å². The predicted molar refractivity (Wildman–Crippen MR) is 90.3 cm³/mol. The maximum atomic E-state index is 13.0. The van der Waals surface area contributed by atoms with E-state index in [4.69, 9.17) is 11.6 Å². The van der Waals surface area contributed by atoms with Gasteiger partial charge in [0, 0.05) is 5.02 Å². The van der Waals surface area contributed by atoms with Crippen LogP contribution in [0.1, 0.15) is 9.67 Å². The summed E-state index contributed by atoms with van der Waals surface area (Å²) in [4.78, 5) is 23.4. The molecule has 0 radical (unpaired) electrons. The molecule has 0 unspecified atom stereocenters. The lowest BCUT2D eigenvalue weighted by molar-refractivity contribution is -0.115. The van der Waals surface area contributed by atoms with Crippen molar-refractivity contribution in [2.75, 3.05) is 23.3 Å². The average molecular weight is 387 g/mol. The number of amides is 1. The Morgan fingerprint density at radius 1 is 1.38 bits per heavy atom. The van der Waals surface area contributed by atoms with Crippen molar-refractivity contribution in [1.29, 1.82) is 0 Å². The lowest BCUT2D eigenvalue weighted by atomic mass is 10.2. The largest absolute Gasteiger partial charge is 0.465 e. The molecule has 2 aromatic rings. The molecule has 0 saturated carbocycles. The second kappa shape index (κ2) is 6.08. The number of sulfonamides is 1. The maximum Gasteiger partial charge on any atom is 0.349 e. The molecule has 2 heterocycles. The Bertz CT molecular complexity index is 938. The first-order valence-corrected chi connectivity index (χ1v) is 9.32. The molecule has 1 N–H and O–H groups in total. The minimum absolute atomic E-state index is 0.0490. The minimum Gasteiger partial charge on any atom is -0.465 e. The van der Waals surface area contributed by atoms with Crippen LogP contribution in [-0.4, -0.2) is 33.9 Å². The van der Waals surface area contributed by atoms with E-state index in [0.717, 1.165) is 15.6 Å². The summed E-state index contributed by atoms with van der Waals surface area (Å²) in [7, 11) is -2.98. The van der Waals surface area contributed by atoms with Crippen LogP contribution >= 0.6 is 22.9 Å². The molecule has 0 atom stereocenters. The number of esters is 1. The van der Waals surface area contributed by atoms with Crippen LogP contribution in [0.5, 0.6) is 0 Å². The van der Waals surface area contributed by atoms with Crippen molar-refractivity contribution in [3.05, 3.63) is 39.5 Å². The van der Waals surface area contributed by atoms with Crippen molar-refractivity contribution in [2.45, 2.75) is 4.90 Å². The summed E-state index contributed by atoms with van der Waals surface area (Å²) < 4.78 is 31.6. The van der Waals surface area contributed by atoms with Crippen LogP contribution in [0.4, 0.5) is 11.4 Å². The molecule has 1 aromatic heterocycles. The normalized spacial score (nSPS) is 14.1. The van der Waals surface area contributed by atoms with Crippen molar-refractivity contribution < 1.29 is 22.7 Å². The highest BCUT2D eigenvalue weighted by Crippen LogP contribution is 2.37. The smallest absolute Gasteiger partial charge is 0.349 e. The zero-order valence-electron chi connectivity index (χ0n) is 12.3. The molecule has 126 valence electrons. The van der Waals surface area contributed by atoms with Gasteiger partial charge in [-0.1, -0.05) is 11.6 Å². The predicted octanol–water partition coefficient (Wildman–Crippen LogP) is 2.34. The molecular weight excluding hydrogens is 376 g/mol. The summed E-state index contributed by atoms with van der Waals surface area (Å²) in [5.41, 5.74) is 0.568. The van der Waals surface area contributed by atoms with Crippen molar-refractivity contribution in [3.63, 3.8) is 0 Å². The molecule has 10 heteroatoms. The van der Waals surface area contributed by atoms with E-state index >= 15 is 0 Å². The van der Waals surface area contributed by atoms with E-state index in [2.05, 4.69) is 10.1 Å². The van der Waals surface area contributed by atoms with Gasteiger partial charge in [0.25, 0.3) is 10.0 Å². The molecule has 0 saturated heterocycles. The van der Waals surface area contributed by atoms with Crippen LogP contribution in [0.3, 0.4) is 0 Å². The van der Waals surface area contributed by atoms with E-state index in [1.54, 1.807) is 6.07 Å². The highest BCUT2D eigenvalue weighted by molar-refractivity contribution is 7.93. The molecule has 7 nitrogen and oxygen atoms in total. The molecule has 0 bridgehead atoms. The highest BCUT2D eigenvalue weighted by atomic mass is 35.5. The Labute approximate surface area is 146 Å². The Balaban J connectivity index is 2.15. The van der Waals surface area contributed by atoms with Crippen molar-refractivity contribution >= 4 is 56.2 Å². The quantitative estimate of drug-likeness (QED) is 0.817. The lowest BCUT2D eigenvalue weighted by Crippen LogP contribution is -2.42. The summed E-state index contributed by atoms with van der Waals surface area (Å²) in [5, 5.41) is 4.39. The topological polar surface area (TPSA) is 92.8 Å². The van der Waals surface area contributed by atoms with Gasteiger partial charge in [0.1, 0.15) is 16.3 Å². The van der Waals surface area contributed by atoms with E-state index in [-0.39, 0.29) is 15.5 Å². The SMILES string of the molecule is COC(=O)c1sccc1S(=O)(=O)N1CC(=O)Nc2ccc(Cl)cc21. The number of hydrogen-bond acceptors (Lipinski definition) is 6. The molecule has 0 aliphatic carbocycles. The molecule has 1 aromatic carbocycles. The highest BCUT2D eigenvalue weighted by Gasteiger charge is 2.35. The first-order valence-electron chi connectivity index (χ1n) is 6.62. The molecule has 0 fully saturated rings. The summed E-state index contributed by atoms with van der Waals surface area (Å²) in [6.07, 6.45) is 0. The third-order valence-corrected chi connectivity index (χ3v) is 6.42. The average Bonchev–Trinajstić information content (AvgIpc) is 3.04. The van der Waals surface area contributed by atoms with Crippen LogP contribution in [0.15, 0.2) is 34.5 Å². The fourth-order valence-corrected chi connectivity index (χ4v) is 5.21. The van der Waals surface area contributed by atoms with E-state index < -0.39 is 28.4 Å². The van der Waals surface area contributed by atoms with Gasteiger partial charge in [0.05, 0.1) is 18.5 Å². The second-order valence-corrected chi connectivity index (χ2v) is 8.01. The first kappa shape index (κ1) is 16.7. The maximum absolute atomic E-state index is 13.0. The summed E-state index contributed by atoms with van der Waals surface area (Å²) in [6.45, 7) is -0.411. The van der Waals surface area contributed by atoms with Gasteiger partial charge < -0.3 is 10.1 Å². The molecule has 24 heavy (non-hydrogen) atoms. The van der Waals surface area contributed by atoms with Crippen molar-refractivity contribution in [3.8, 4) is 0 Å². The number of ether oxygens (including phenoxy) is 1. The number of rotatable bonds is 3. The number of anilines is 2. The van der Waals surface area contributed by atoms with Gasteiger partial charge in [-0.15, -0.1) is 11.3 Å². The van der Waals surface area contributed by atoms with Crippen LogP contribution < -0.4 is 9.62 Å². The number of halogens is 1. The molecule has 0 spiro atoms. The monoisotopic (exact) mass is 386 g/mol. The zero-order chi connectivity index (χ0) is 17.5. The number of methoxy groups -OCH3 is 1. The molecule has 1 amide bonds. The molecule has 1 aliphatic rings. The van der Waals surface area contributed by atoms with Crippen molar-refractivity contribution in [2.24, 2.45) is 0 Å². The van der Waals surface area contributed by atoms with Gasteiger partial charge in [-0.3, -0.25) is 9.10 Å². The lowest BCUT2D eigenvalue weighted by Gasteiger charge is -2.30. The summed E-state index contributed by atoms with van der Waals surface area (Å²) in [6, 6.07) is 5.81. The van der Waals surface area contributed by atoms with Crippen molar-refractivity contribution in [1.82, 2.24) is 0 Å². The van der Waals surface area contributed by atoms with Gasteiger partial charge in [-0.25, -0.2) is 13.2 Å². The fourth-order valence-electron chi connectivity index (χ4n) is 2.30. The number of carbonyl (C=O) groups is 2. The van der Waals surface area contributed by atoms with Gasteiger partial charge in [0.15, 0.2) is 0 Å². The summed E-state index contributed by atoms with van der Waals surface area (Å²) in [5.74, 6) is -1.24. The van der Waals surface area contributed by atoms with Gasteiger partial charge >= 0.3 is 5.97 Å². The number of carbonyl (C=O) groups excluding carboxylic acids is 2. The first-order chi connectivity index (χ1) is 11.3. The Morgan fingerprint density at radius 3 is 2.83 bits per heavy atom. The van der Waals surface area contributed by atoms with E-state index in [1.165, 1.54) is 30.7 Å². The summed E-state index contributed by atoms with van der Waals surface area (Å²) >= 11 is 6.90. The molecular formula is C14H11ClN2O5S2. The third-order valence-electron chi connectivity index (χ3n) is 3.36. The number of nitrogens with one attached hydrogen (secondary N) is 1. The van der Waals surface area contributed by atoms with Gasteiger partial charge in [-0.2, -0.15) is 0 Å². The van der Waals surface area contributed by atoms with Crippen LogP contribution in [-0.2, 0) is 19.6 Å². The Hall–Kier alpha value is -2.10. The van der Waals surface area contributed by atoms with E-state index in [1.807, 2.05) is 0 Å². The molecule has 3 rings (SSSR count). The number of nitrogens with zero attached hydrogens (tertiary/aromatic N) is 1. The van der Waals surface area contributed by atoms with E-state index in [9.17, 15) is 18.0 Å². The van der Waals surface area contributed by atoms with Crippen LogP contribution in [0, 0.1) is 0 Å². The molecule has 1 aliphatic heterocycles. The Morgan fingerprint density at radius 2 is 2.12 bits per heavy atom. The van der Waals surface area contributed by atoms with E-state index in [0.29, 0.717) is 10.7 Å².